The van der Waals surface area contributed by atoms with Crippen LogP contribution in [0.1, 0.15) is 0 Å². The quantitative estimate of drug-likeness (QED) is 0.465. The van der Waals surface area contributed by atoms with E-state index in [1.54, 1.807) is 0 Å². The topological polar surface area (TPSA) is 6.02 Å². The Labute approximate surface area is 93.3 Å². The Bertz CT molecular complexity index is 348. The molecule has 2 aliphatic heterocycles. The van der Waals surface area contributed by atoms with Crippen LogP contribution in [0.15, 0.2) is 23.1 Å². The molecule has 2 aliphatic rings. The Morgan fingerprint density at radius 3 is 2.21 bits per heavy atom. The maximum Gasteiger partial charge on any atom is 0.0740 e. The van der Waals surface area contributed by atoms with E-state index in [2.05, 4.69) is 40.6 Å². The lowest BCUT2D eigenvalue weighted by Gasteiger charge is -2.13. The third-order valence-electron chi connectivity index (χ3n) is 2.54. The predicted molar refractivity (Wildman–Crippen MR) is 69.2 cm³/mol. The van der Waals surface area contributed by atoms with E-state index in [1.807, 2.05) is 0 Å². The fraction of sp³-hybridized carbons (Fsp3) is 0.400. The molecule has 1 unspecified atom stereocenters. The van der Waals surface area contributed by atoms with Crippen molar-refractivity contribution in [2.45, 2.75) is 4.90 Å². The van der Waals surface area contributed by atoms with Crippen molar-refractivity contribution >= 4 is 33.9 Å². The molecule has 1 aromatic rings. The number of benzene rings is 1. The van der Waals surface area contributed by atoms with E-state index in [4.69, 9.17) is 0 Å². The van der Waals surface area contributed by atoms with E-state index in [-0.39, 0.29) is 9.90 Å². The molecule has 2 fully saturated rings. The van der Waals surface area contributed by atoms with Crippen LogP contribution in [0.2, 0.25) is 0 Å². The van der Waals surface area contributed by atoms with Crippen molar-refractivity contribution in [3.63, 3.8) is 0 Å². The summed E-state index contributed by atoms with van der Waals surface area (Å²) in [4.78, 5) is 5.87. The van der Waals surface area contributed by atoms with Gasteiger partial charge >= 0.3 is 0 Å². The number of thiol groups is 1. The Kier molecular flexibility index (Phi) is 2.63. The third-order valence-corrected chi connectivity index (χ3v) is 2.91. The first-order valence-corrected chi connectivity index (χ1v) is 5.13. The standard InChI is InChI=1S/C10H12N2S.H3P/c13-9-3-1-2-8(11-4-5-11)10(9)12-6-7-12;/h1-3,13H,4-7H2;1H3. The largest absolute Gasteiger partial charge is 0.366 e. The first kappa shape index (κ1) is 10.1. The summed E-state index contributed by atoms with van der Waals surface area (Å²) in [6, 6.07) is 6.35. The molecule has 2 nitrogen and oxygen atoms in total. The second kappa shape index (κ2) is 3.63. The lowest BCUT2D eigenvalue weighted by molar-refractivity contribution is 1.26. The number of hydrogen-bond acceptors (Lipinski definition) is 3. The van der Waals surface area contributed by atoms with E-state index < -0.39 is 0 Å². The zero-order chi connectivity index (χ0) is 8.84. The first-order chi connectivity index (χ1) is 6.36. The summed E-state index contributed by atoms with van der Waals surface area (Å²) in [5, 5.41) is 0. The monoisotopic (exact) mass is 226 g/mol. The van der Waals surface area contributed by atoms with Gasteiger partial charge in [0.1, 0.15) is 0 Å². The summed E-state index contributed by atoms with van der Waals surface area (Å²) >= 11 is 4.50. The van der Waals surface area contributed by atoms with Crippen LogP contribution in [-0.2, 0) is 0 Å². The second-order valence-electron chi connectivity index (χ2n) is 3.62. The molecule has 1 atom stereocenters. The number of anilines is 2. The summed E-state index contributed by atoms with van der Waals surface area (Å²) in [6.07, 6.45) is 0. The molecule has 0 saturated carbocycles. The Morgan fingerprint density at radius 1 is 1.00 bits per heavy atom. The molecule has 1 aromatic carbocycles. The fourth-order valence-corrected chi connectivity index (χ4v) is 2.01. The van der Waals surface area contributed by atoms with Crippen LogP contribution in [-0.4, -0.2) is 26.2 Å². The minimum atomic E-state index is 0. The fourth-order valence-electron chi connectivity index (χ4n) is 1.66. The van der Waals surface area contributed by atoms with Crippen LogP contribution < -0.4 is 9.80 Å². The molecule has 2 saturated heterocycles. The van der Waals surface area contributed by atoms with Crippen molar-refractivity contribution in [3.05, 3.63) is 18.2 Å². The van der Waals surface area contributed by atoms with E-state index in [1.165, 1.54) is 37.6 Å². The second-order valence-corrected chi connectivity index (χ2v) is 4.10. The van der Waals surface area contributed by atoms with E-state index in [9.17, 15) is 0 Å². The third kappa shape index (κ3) is 1.71. The van der Waals surface area contributed by atoms with Crippen molar-refractivity contribution in [1.82, 2.24) is 0 Å². The summed E-state index contributed by atoms with van der Waals surface area (Å²) in [7, 11) is 0. The Morgan fingerprint density at radius 2 is 1.64 bits per heavy atom. The lowest BCUT2D eigenvalue weighted by atomic mass is 10.2. The van der Waals surface area contributed by atoms with Crippen LogP contribution in [0.3, 0.4) is 0 Å². The Hall–Kier alpha value is -0.400. The molecule has 0 bridgehead atoms. The number of hydrogen-bond donors (Lipinski definition) is 1. The number of rotatable bonds is 2. The van der Waals surface area contributed by atoms with E-state index >= 15 is 0 Å². The smallest absolute Gasteiger partial charge is 0.0740 e. The van der Waals surface area contributed by atoms with Gasteiger partial charge in [0.2, 0.25) is 0 Å². The molecule has 0 aliphatic carbocycles. The van der Waals surface area contributed by atoms with Crippen LogP contribution in [0.25, 0.3) is 0 Å². The van der Waals surface area contributed by atoms with Gasteiger partial charge in [0, 0.05) is 31.1 Å². The molecule has 4 heteroatoms. The molecule has 3 rings (SSSR count). The molecule has 0 spiro atoms. The molecular formula is C10H15N2PS. The molecule has 76 valence electrons. The highest BCUT2D eigenvalue weighted by molar-refractivity contribution is 7.80. The molecule has 0 aromatic heterocycles. The van der Waals surface area contributed by atoms with Gasteiger partial charge in [0.15, 0.2) is 0 Å². The molecule has 0 N–H and O–H groups in total. The van der Waals surface area contributed by atoms with Gasteiger partial charge in [0.05, 0.1) is 11.4 Å². The van der Waals surface area contributed by atoms with Crippen molar-refractivity contribution in [2.24, 2.45) is 0 Å². The van der Waals surface area contributed by atoms with Crippen molar-refractivity contribution in [2.75, 3.05) is 36.0 Å². The van der Waals surface area contributed by atoms with Gasteiger partial charge in [0.25, 0.3) is 0 Å². The van der Waals surface area contributed by atoms with Crippen molar-refractivity contribution in [1.29, 1.82) is 0 Å². The minimum absolute atomic E-state index is 0. The minimum Gasteiger partial charge on any atom is -0.366 e. The van der Waals surface area contributed by atoms with Gasteiger partial charge in [-0.05, 0) is 12.1 Å². The summed E-state index contributed by atoms with van der Waals surface area (Å²) in [5.74, 6) is 0. The molecule has 0 amide bonds. The lowest BCUT2D eigenvalue weighted by Crippen LogP contribution is -2.00. The van der Waals surface area contributed by atoms with Gasteiger partial charge in [-0.2, -0.15) is 9.90 Å². The number of nitrogens with zero attached hydrogens (tertiary/aromatic N) is 2. The van der Waals surface area contributed by atoms with Gasteiger partial charge in [-0.3, -0.25) is 0 Å². The van der Waals surface area contributed by atoms with Crippen LogP contribution >= 0.6 is 22.5 Å². The van der Waals surface area contributed by atoms with Gasteiger partial charge in [-0.25, -0.2) is 0 Å². The molecule has 14 heavy (non-hydrogen) atoms. The van der Waals surface area contributed by atoms with E-state index in [0.29, 0.717) is 0 Å². The van der Waals surface area contributed by atoms with Crippen molar-refractivity contribution < 1.29 is 0 Å². The maximum absolute atomic E-state index is 4.50. The highest BCUT2D eigenvalue weighted by Crippen LogP contribution is 2.40. The van der Waals surface area contributed by atoms with Crippen LogP contribution in [0.4, 0.5) is 11.4 Å². The summed E-state index contributed by atoms with van der Waals surface area (Å²) < 4.78 is 0. The van der Waals surface area contributed by atoms with Gasteiger partial charge in [-0.1, -0.05) is 6.07 Å². The average molecular weight is 226 g/mol. The van der Waals surface area contributed by atoms with Crippen LogP contribution in [0, 0.1) is 0 Å². The first-order valence-electron chi connectivity index (χ1n) is 4.68. The highest BCUT2D eigenvalue weighted by atomic mass is 32.1. The molecule has 0 radical (unpaired) electrons. The normalized spacial score (nSPS) is 17.8. The van der Waals surface area contributed by atoms with E-state index in [0.717, 1.165) is 4.90 Å². The summed E-state index contributed by atoms with van der Waals surface area (Å²) in [6.45, 7) is 4.80. The molecular weight excluding hydrogens is 211 g/mol. The zero-order valence-electron chi connectivity index (χ0n) is 8.11. The summed E-state index contributed by atoms with van der Waals surface area (Å²) in [5.41, 5.74) is 2.70. The zero-order valence-corrected chi connectivity index (χ0v) is 10.4. The average Bonchev–Trinajstić information content (AvgIpc) is 3.00. The van der Waals surface area contributed by atoms with Gasteiger partial charge < -0.3 is 9.80 Å². The van der Waals surface area contributed by atoms with Crippen molar-refractivity contribution in [3.8, 4) is 0 Å². The highest BCUT2D eigenvalue weighted by Gasteiger charge is 2.28. The van der Waals surface area contributed by atoms with Gasteiger partial charge in [-0.15, -0.1) is 12.6 Å². The number of para-hydroxylation sites is 1. The SMILES string of the molecule is P.Sc1cccc(N2CC2)c1N1CC1. The maximum atomic E-state index is 4.50. The molecule has 2 heterocycles. The predicted octanol–water partition coefficient (Wildman–Crippen LogP) is 1.67. The Balaban J connectivity index is 0.000000750. The van der Waals surface area contributed by atoms with Crippen LogP contribution in [0.5, 0.6) is 0 Å².